The van der Waals surface area contributed by atoms with E-state index < -0.39 is 0 Å². The first-order valence-electron chi connectivity index (χ1n) is 10.5. The van der Waals surface area contributed by atoms with Gasteiger partial charge in [-0.05, 0) is 63.0 Å². The molecule has 2 heterocycles. The highest BCUT2D eigenvalue weighted by Crippen LogP contribution is 2.29. The molecule has 6 nitrogen and oxygen atoms in total. The number of nitriles is 1. The molecule has 2 fully saturated rings. The van der Waals surface area contributed by atoms with Crippen LogP contribution in [0.15, 0.2) is 48.5 Å². The maximum Gasteiger partial charge on any atom is 0.308 e. The van der Waals surface area contributed by atoms with E-state index in [0.29, 0.717) is 17.5 Å². The zero-order valence-electron chi connectivity index (χ0n) is 16.9. The van der Waals surface area contributed by atoms with Gasteiger partial charge in [0, 0.05) is 25.2 Å². The summed E-state index contributed by atoms with van der Waals surface area (Å²) in [4.78, 5) is 5.62. The first-order valence-corrected chi connectivity index (χ1v) is 10.5. The van der Waals surface area contributed by atoms with Gasteiger partial charge >= 0.3 is 6.02 Å². The van der Waals surface area contributed by atoms with Crippen LogP contribution in [0.3, 0.4) is 0 Å². The van der Waals surface area contributed by atoms with Gasteiger partial charge in [-0.25, -0.2) is 9.80 Å². The number of rotatable bonds is 4. The molecular weight excluding hydrogens is 381 g/mol. The number of amidine groups is 1. The summed E-state index contributed by atoms with van der Waals surface area (Å²) >= 11 is 0. The van der Waals surface area contributed by atoms with Crippen LogP contribution in [0.5, 0.6) is 5.75 Å². The van der Waals surface area contributed by atoms with Crippen molar-refractivity contribution in [2.24, 2.45) is 0 Å². The van der Waals surface area contributed by atoms with Gasteiger partial charge in [-0.15, -0.1) is 0 Å². The highest BCUT2D eigenvalue weighted by atomic mass is 19.1. The van der Waals surface area contributed by atoms with Gasteiger partial charge in [0.15, 0.2) is 6.19 Å². The van der Waals surface area contributed by atoms with Crippen molar-refractivity contribution < 1.29 is 9.13 Å². The molecule has 0 saturated carbocycles. The predicted molar refractivity (Wildman–Crippen MR) is 115 cm³/mol. The lowest BCUT2D eigenvalue weighted by atomic mass is 10.0. The second-order valence-corrected chi connectivity index (χ2v) is 7.75. The van der Waals surface area contributed by atoms with Crippen LogP contribution in [0.4, 0.5) is 15.8 Å². The van der Waals surface area contributed by atoms with E-state index in [1.807, 2.05) is 12.3 Å². The van der Waals surface area contributed by atoms with E-state index in [9.17, 15) is 9.65 Å². The fourth-order valence-corrected chi connectivity index (χ4v) is 4.34. The molecule has 0 aromatic heterocycles. The molecule has 2 saturated heterocycles. The molecule has 2 aliphatic heterocycles. The van der Waals surface area contributed by atoms with Crippen molar-refractivity contribution in [1.82, 2.24) is 4.90 Å². The number of ether oxygens (including phenoxy) is 1. The molecule has 0 spiro atoms. The molecule has 30 heavy (non-hydrogen) atoms. The fourth-order valence-electron chi connectivity index (χ4n) is 4.34. The summed E-state index contributed by atoms with van der Waals surface area (Å²) in [6, 6.07) is 13.7. The Morgan fingerprint density at radius 3 is 2.40 bits per heavy atom. The van der Waals surface area contributed by atoms with Gasteiger partial charge in [-0.3, -0.25) is 0 Å². The third-order valence-electron chi connectivity index (χ3n) is 5.91. The van der Waals surface area contributed by atoms with Crippen LogP contribution >= 0.6 is 0 Å². The van der Waals surface area contributed by atoms with Gasteiger partial charge in [0.25, 0.3) is 0 Å². The number of piperidine rings is 1. The van der Waals surface area contributed by atoms with Gasteiger partial charge in [-0.2, -0.15) is 10.2 Å². The normalized spacial score (nSPS) is 17.5. The number of para-hydroxylation sites is 1. The average Bonchev–Trinajstić information content (AvgIpc) is 3.30. The molecule has 2 aromatic rings. The topological polar surface area (TPSA) is 66.6 Å². The van der Waals surface area contributed by atoms with E-state index in [1.54, 1.807) is 36.4 Å². The lowest BCUT2D eigenvalue weighted by Crippen LogP contribution is -2.44. The number of anilines is 2. The van der Waals surface area contributed by atoms with E-state index in [4.69, 9.17) is 10.1 Å². The molecule has 0 radical (unpaired) electrons. The van der Waals surface area contributed by atoms with Crippen LogP contribution in [-0.4, -0.2) is 43.1 Å². The fraction of sp³-hybridized carbons (Fsp3) is 0.391. The molecule has 2 aromatic carbocycles. The Morgan fingerprint density at radius 2 is 1.77 bits per heavy atom. The lowest BCUT2D eigenvalue weighted by Gasteiger charge is -2.38. The van der Waals surface area contributed by atoms with Gasteiger partial charge in [0.2, 0.25) is 0 Å². The Kier molecular flexibility index (Phi) is 6.15. The Balaban J connectivity index is 1.42. The molecule has 4 rings (SSSR count). The maximum absolute atomic E-state index is 14.9. The van der Waals surface area contributed by atoms with E-state index in [-0.39, 0.29) is 17.5 Å². The van der Waals surface area contributed by atoms with Crippen molar-refractivity contribution in [1.29, 1.82) is 10.7 Å². The van der Waals surface area contributed by atoms with Crippen LogP contribution in [0, 0.1) is 22.7 Å². The second kappa shape index (κ2) is 9.14. The average molecular weight is 407 g/mol. The minimum Gasteiger partial charge on any atom is -0.425 e. The highest BCUT2D eigenvalue weighted by Gasteiger charge is 2.27. The molecule has 0 aliphatic carbocycles. The van der Waals surface area contributed by atoms with E-state index in [1.165, 1.54) is 32.0 Å². The first-order chi connectivity index (χ1) is 14.7. The Labute approximate surface area is 176 Å². The van der Waals surface area contributed by atoms with Gasteiger partial charge < -0.3 is 14.5 Å². The first kappa shape index (κ1) is 20.2. The number of nitrogens with one attached hydrogen (secondary N) is 1. The zero-order valence-corrected chi connectivity index (χ0v) is 16.9. The second-order valence-electron chi connectivity index (χ2n) is 7.75. The van der Waals surface area contributed by atoms with Crippen molar-refractivity contribution in [3.8, 4) is 11.9 Å². The third kappa shape index (κ3) is 4.39. The molecule has 7 heteroatoms. The maximum atomic E-state index is 14.9. The van der Waals surface area contributed by atoms with Crippen molar-refractivity contribution in [2.45, 2.75) is 31.7 Å². The van der Waals surface area contributed by atoms with Crippen LogP contribution in [0.25, 0.3) is 0 Å². The quantitative estimate of drug-likeness (QED) is 0.356. The molecule has 0 unspecified atom stereocenters. The summed E-state index contributed by atoms with van der Waals surface area (Å²) in [7, 11) is 0. The Morgan fingerprint density at radius 1 is 1.07 bits per heavy atom. The number of benzene rings is 2. The monoisotopic (exact) mass is 407 g/mol. The molecule has 0 amide bonds. The molecule has 0 bridgehead atoms. The van der Waals surface area contributed by atoms with Crippen LogP contribution in [0.2, 0.25) is 0 Å². The van der Waals surface area contributed by atoms with Crippen molar-refractivity contribution in [2.75, 3.05) is 36.0 Å². The lowest BCUT2D eigenvalue weighted by molar-refractivity contribution is 0.207. The number of likely N-dealkylation sites (tertiary alicyclic amines) is 1. The molecule has 156 valence electrons. The summed E-state index contributed by atoms with van der Waals surface area (Å²) in [5, 5.41) is 17.6. The summed E-state index contributed by atoms with van der Waals surface area (Å²) in [5.74, 6) is 0.0561. The highest BCUT2D eigenvalue weighted by molar-refractivity contribution is 5.93. The number of halogens is 1. The smallest absolute Gasteiger partial charge is 0.308 e. The predicted octanol–water partition coefficient (Wildman–Crippen LogP) is 4.19. The van der Waals surface area contributed by atoms with Gasteiger partial charge in [0.1, 0.15) is 11.6 Å². The zero-order chi connectivity index (χ0) is 20.9. The minimum atomic E-state index is -0.389. The Hall–Kier alpha value is -3.11. The molecule has 1 N–H and O–H groups in total. The summed E-state index contributed by atoms with van der Waals surface area (Å²) in [6.07, 6.45) is 6.56. The Bertz CT molecular complexity index is 915. The standard InChI is InChI=1S/C23H26FN5O/c24-21-16-19(29(17-25)23(26)30-20-6-2-1-3-7-20)8-9-22(21)28-14-10-18(11-15-28)27-12-4-5-13-27/h1-3,6-9,16,18,26H,4-5,10-15H2. The number of hydrogen-bond donors (Lipinski definition) is 1. The van der Waals surface area contributed by atoms with E-state index >= 15 is 0 Å². The van der Waals surface area contributed by atoms with Crippen LogP contribution < -0.4 is 14.5 Å². The number of hydrogen-bond acceptors (Lipinski definition) is 5. The molecular formula is C23H26FN5O. The van der Waals surface area contributed by atoms with Crippen LogP contribution in [0.1, 0.15) is 25.7 Å². The van der Waals surface area contributed by atoms with Crippen molar-refractivity contribution >= 4 is 17.4 Å². The number of nitrogens with zero attached hydrogens (tertiary/aromatic N) is 4. The van der Waals surface area contributed by atoms with Gasteiger partial charge in [0.05, 0.1) is 11.4 Å². The largest absolute Gasteiger partial charge is 0.425 e. The van der Waals surface area contributed by atoms with Crippen LogP contribution in [-0.2, 0) is 0 Å². The van der Waals surface area contributed by atoms with E-state index in [2.05, 4.69) is 9.80 Å². The SMILES string of the molecule is N#CN(C(=N)Oc1ccccc1)c1ccc(N2CCC(N3CCCC3)CC2)c(F)c1. The third-order valence-corrected chi connectivity index (χ3v) is 5.91. The van der Waals surface area contributed by atoms with E-state index in [0.717, 1.165) is 30.8 Å². The molecule has 2 aliphatic rings. The van der Waals surface area contributed by atoms with Gasteiger partial charge in [-0.1, -0.05) is 18.2 Å². The summed E-state index contributed by atoms with van der Waals surface area (Å²) in [6.45, 7) is 4.03. The van der Waals surface area contributed by atoms with Crippen molar-refractivity contribution in [3.63, 3.8) is 0 Å². The van der Waals surface area contributed by atoms with Crippen molar-refractivity contribution in [3.05, 3.63) is 54.3 Å². The summed E-state index contributed by atoms with van der Waals surface area (Å²) in [5.41, 5.74) is 0.818. The summed E-state index contributed by atoms with van der Waals surface area (Å²) < 4.78 is 20.3. The molecule has 0 atom stereocenters. The minimum absolute atomic E-state index is 0.270.